The lowest BCUT2D eigenvalue weighted by Gasteiger charge is -2.28. The lowest BCUT2D eigenvalue weighted by Crippen LogP contribution is -2.41. The summed E-state index contributed by atoms with van der Waals surface area (Å²) >= 11 is 0. The molecule has 0 radical (unpaired) electrons. The summed E-state index contributed by atoms with van der Waals surface area (Å²) in [6.45, 7) is 2.71. The largest absolute Gasteiger partial charge is 0.481 e. The van der Waals surface area contributed by atoms with E-state index in [1.807, 2.05) is 37.3 Å². The maximum atomic E-state index is 11.5. The van der Waals surface area contributed by atoms with Crippen molar-refractivity contribution < 1.29 is 19.8 Å². The van der Waals surface area contributed by atoms with Gasteiger partial charge in [0, 0.05) is 13.1 Å². The molecule has 2 N–H and O–H groups in total. The van der Waals surface area contributed by atoms with Crippen molar-refractivity contribution in [1.82, 2.24) is 4.90 Å². The Bertz CT molecular complexity index is 447. The zero-order valence-corrected chi connectivity index (χ0v) is 12.4. The molecule has 0 aliphatic carbocycles. The van der Waals surface area contributed by atoms with E-state index >= 15 is 0 Å². The van der Waals surface area contributed by atoms with Crippen LogP contribution in [0.4, 0.5) is 0 Å². The van der Waals surface area contributed by atoms with Gasteiger partial charge in [0.15, 0.2) is 0 Å². The van der Waals surface area contributed by atoms with Crippen molar-refractivity contribution in [3.63, 3.8) is 0 Å². The molecule has 1 unspecified atom stereocenters. The summed E-state index contributed by atoms with van der Waals surface area (Å²) in [5.74, 6) is -1.79. The minimum atomic E-state index is -0.910. The van der Waals surface area contributed by atoms with E-state index < -0.39 is 18.0 Å². The topological polar surface area (TPSA) is 77.8 Å². The number of hydrogen-bond acceptors (Lipinski definition) is 3. The third-order valence-corrected chi connectivity index (χ3v) is 3.40. The maximum Gasteiger partial charge on any atom is 0.320 e. The molecule has 0 aromatic heterocycles. The predicted molar refractivity (Wildman–Crippen MR) is 80.1 cm³/mol. The molecule has 0 aliphatic rings. The van der Waals surface area contributed by atoms with E-state index in [0.717, 1.165) is 18.4 Å². The van der Waals surface area contributed by atoms with Crippen LogP contribution < -0.4 is 0 Å². The molecule has 21 heavy (non-hydrogen) atoms. The zero-order valence-electron chi connectivity index (χ0n) is 12.4. The molecule has 5 nitrogen and oxygen atoms in total. The highest BCUT2D eigenvalue weighted by molar-refractivity contribution is 5.73. The summed E-state index contributed by atoms with van der Waals surface area (Å²) in [7, 11) is 0. The minimum Gasteiger partial charge on any atom is -0.481 e. The molecule has 1 rings (SSSR count). The quantitative estimate of drug-likeness (QED) is 0.693. The molecular formula is C16H23NO4. The summed E-state index contributed by atoms with van der Waals surface area (Å²) in [6.07, 6.45) is 2.22. The van der Waals surface area contributed by atoms with Gasteiger partial charge in [0.05, 0.1) is 6.42 Å². The molecule has 0 fully saturated rings. The van der Waals surface area contributed by atoms with Crippen molar-refractivity contribution in [3.8, 4) is 0 Å². The highest BCUT2D eigenvalue weighted by atomic mass is 16.4. The van der Waals surface area contributed by atoms with Gasteiger partial charge in [0.1, 0.15) is 6.04 Å². The molecule has 1 aromatic rings. The highest BCUT2D eigenvalue weighted by Crippen LogP contribution is 2.14. The van der Waals surface area contributed by atoms with Crippen LogP contribution in [0.3, 0.4) is 0 Å². The van der Waals surface area contributed by atoms with Gasteiger partial charge in [-0.05, 0) is 12.0 Å². The number of aliphatic carboxylic acids is 2. The summed E-state index contributed by atoms with van der Waals surface area (Å²) in [4.78, 5) is 24.0. The SMILES string of the molecule is CCCCC(C(=O)O)N(CCC(=O)O)Cc1ccccc1. The van der Waals surface area contributed by atoms with Gasteiger partial charge < -0.3 is 10.2 Å². The van der Waals surface area contributed by atoms with E-state index in [9.17, 15) is 14.7 Å². The summed E-state index contributed by atoms with van der Waals surface area (Å²) in [5, 5.41) is 18.3. The molecular weight excluding hydrogens is 270 g/mol. The normalized spacial score (nSPS) is 12.3. The monoisotopic (exact) mass is 293 g/mol. The van der Waals surface area contributed by atoms with Crippen molar-refractivity contribution in [2.24, 2.45) is 0 Å². The number of benzene rings is 1. The van der Waals surface area contributed by atoms with Crippen LogP contribution in [0.15, 0.2) is 30.3 Å². The Labute approximate surface area is 125 Å². The molecule has 1 atom stereocenters. The third kappa shape index (κ3) is 6.40. The summed E-state index contributed by atoms with van der Waals surface area (Å²) in [5.41, 5.74) is 0.991. The predicted octanol–water partition coefficient (Wildman–Crippen LogP) is 2.61. The first kappa shape index (κ1) is 17.2. The molecule has 0 heterocycles. The van der Waals surface area contributed by atoms with Gasteiger partial charge in [-0.15, -0.1) is 0 Å². The first-order valence-electron chi connectivity index (χ1n) is 7.27. The number of carbonyl (C=O) groups is 2. The second-order valence-corrected chi connectivity index (χ2v) is 5.10. The van der Waals surface area contributed by atoms with Crippen LogP contribution in [-0.4, -0.2) is 39.6 Å². The molecule has 0 aliphatic heterocycles. The highest BCUT2D eigenvalue weighted by Gasteiger charge is 2.25. The second-order valence-electron chi connectivity index (χ2n) is 5.10. The van der Waals surface area contributed by atoms with Crippen LogP contribution in [0.1, 0.15) is 38.2 Å². The first-order chi connectivity index (χ1) is 10.0. The molecule has 0 saturated heterocycles. The number of rotatable bonds is 10. The van der Waals surface area contributed by atoms with Gasteiger partial charge in [-0.3, -0.25) is 14.5 Å². The summed E-state index contributed by atoms with van der Waals surface area (Å²) < 4.78 is 0. The van der Waals surface area contributed by atoms with Crippen LogP contribution in [0, 0.1) is 0 Å². The van der Waals surface area contributed by atoms with Crippen molar-refractivity contribution in [1.29, 1.82) is 0 Å². The maximum absolute atomic E-state index is 11.5. The fourth-order valence-corrected chi connectivity index (χ4v) is 2.26. The lowest BCUT2D eigenvalue weighted by molar-refractivity contribution is -0.145. The van der Waals surface area contributed by atoms with E-state index in [0.29, 0.717) is 13.0 Å². The van der Waals surface area contributed by atoms with Crippen LogP contribution in [0.25, 0.3) is 0 Å². The molecule has 0 amide bonds. The Kier molecular flexibility index (Phi) is 7.46. The average Bonchev–Trinajstić information content (AvgIpc) is 2.45. The van der Waals surface area contributed by atoms with Crippen molar-refractivity contribution >= 4 is 11.9 Å². The number of unbranched alkanes of at least 4 members (excludes halogenated alkanes) is 1. The molecule has 1 aromatic carbocycles. The van der Waals surface area contributed by atoms with Gasteiger partial charge in [-0.2, -0.15) is 0 Å². The standard InChI is InChI=1S/C16H23NO4/c1-2-3-9-14(16(20)21)17(11-10-15(18)19)12-13-7-5-4-6-8-13/h4-8,14H,2-3,9-12H2,1H3,(H,18,19)(H,20,21). The van der Waals surface area contributed by atoms with Crippen LogP contribution in [-0.2, 0) is 16.1 Å². The number of carboxylic acid groups (broad SMARTS) is 2. The fraction of sp³-hybridized carbons (Fsp3) is 0.500. The first-order valence-corrected chi connectivity index (χ1v) is 7.27. The van der Waals surface area contributed by atoms with Gasteiger partial charge in [0.2, 0.25) is 0 Å². The van der Waals surface area contributed by atoms with Gasteiger partial charge in [-0.25, -0.2) is 0 Å². The fourth-order valence-electron chi connectivity index (χ4n) is 2.26. The van der Waals surface area contributed by atoms with Crippen molar-refractivity contribution in [3.05, 3.63) is 35.9 Å². The van der Waals surface area contributed by atoms with Crippen LogP contribution >= 0.6 is 0 Å². The van der Waals surface area contributed by atoms with Crippen molar-refractivity contribution in [2.75, 3.05) is 6.54 Å². The average molecular weight is 293 g/mol. The molecule has 0 saturated carbocycles. The van der Waals surface area contributed by atoms with Gasteiger partial charge >= 0.3 is 11.9 Å². The Balaban J connectivity index is 2.82. The molecule has 5 heteroatoms. The number of hydrogen-bond donors (Lipinski definition) is 2. The Morgan fingerprint density at radius 2 is 1.86 bits per heavy atom. The Hall–Kier alpha value is -1.88. The van der Waals surface area contributed by atoms with E-state index in [1.165, 1.54) is 0 Å². The van der Waals surface area contributed by atoms with E-state index in [4.69, 9.17) is 5.11 Å². The smallest absolute Gasteiger partial charge is 0.320 e. The Morgan fingerprint density at radius 1 is 1.19 bits per heavy atom. The van der Waals surface area contributed by atoms with E-state index in [1.54, 1.807) is 4.90 Å². The van der Waals surface area contributed by atoms with Gasteiger partial charge in [-0.1, -0.05) is 50.1 Å². The molecule has 116 valence electrons. The van der Waals surface area contributed by atoms with Crippen LogP contribution in [0.5, 0.6) is 0 Å². The van der Waals surface area contributed by atoms with Crippen molar-refractivity contribution in [2.45, 2.75) is 45.2 Å². The van der Waals surface area contributed by atoms with Crippen LogP contribution in [0.2, 0.25) is 0 Å². The zero-order chi connectivity index (χ0) is 15.7. The third-order valence-electron chi connectivity index (χ3n) is 3.40. The Morgan fingerprint density at radius 3 is 2.38 bits per heavy atom. The van der Waals surface area contributed by atoms with E-state index in [2.05, 4.69) is 0 Å². The lowest BCUT2D eigenvalue weighted by atomic mass is 10.1. The number of carboxylic acids is 2. The molecule has 0 bridgehead atoms. The van der Waals surface area contributed by atoms with Gasteiger partial charge in [0.25, 0.3) is 0 Å². The number of nitrogens with zero attached hydrogens (tertiary/aromatic N) is 1. The minimum absolute atomic E-state index is 0.0528. The second kappa shape index (κ2) is 9.13. The summed E-state index contributed by atoms with van der Waals surface area (Å²) in [6, 6.07) is 8.90. The molecule has 0 spiro atoms. The van der Waals surface area contributed by atoms with E-state index in [-0.39, 0.29) is 13.0 Å².